The zero-order valence-electron chi connectivity index (χ0n) is 20.7. The van der Waals surface area contributed by atoms with Crippen LogP contribution in [0.1, 0.15) is 45.0 Å². The van der Waals surface area contributed by atoms with Crippen molar-refractivity contribution in [2.24, 2.45) is 5.10 Å². The molecule has 0 N–H and O–H groups in total. The van der Waals surface area contributed by atoms with E-state index in [0.29, 0.717) is 34.5 Å². The Labute approximate surface area is 213 Å². The van der Waals surface area contributed by atoms with Gasteiger partial charge in [-0.05, 0) is 50.6 Å². The molecule has 186 valence electrons. The lowest BCUT2D eigenvalue weighted by molar-refractivity contribution is -0.150. The highest BCUT2D eigenvalue weighted by molar-refractivity contribution is 9.10. The summed E-state index contributed by atoms with van der Waals surface area (Å²) < 4.78 is 13.2. The second-order valence-corrected chi connectivity index (χ2v) is 9.20. The van der Waals surface area contributed by atoms with Gasteiger partial charge in [0.05, 0.1) is 23.7 Å². The van der Waals surface area contributed by atoms with Crippen LogP contribution in [0.3, 0.4) is 0 Å². The number of benzene rings is 2. The minimum absolute atomic E-state index is 0.245. The molecular formula is C26H31BrN4O4. The first kappa shape index (κ1) is 26.4. The minimum atomic E-state index is -0.804. The number of fused-ring (bicyclic) bond motifs is 1. The number of esters is 1. The molecule has 0 unspecified atom stereocenters. The van der Waals surface area contributed by atoms with Crippen LogP contribution >= 0.6 is 15.9 Å². The molecule has 0 amide bonds. The van der Waals surface area contributed by atoms with Crippen LogP contribution in [0.15, 0.2) is 50.8 Å². The lowest BCUT2D eigenvalue weighted by atomic mass is 10.2. The molecule has 0 fully saturated rings. The molecule has 1 atom stereocenters. The summed E-state index contributed by atoms with van der Waals surface area (Å²) in [6.07, 6.45) is 3.23. The summed E-state index contributed by atoms with van der Waals surface area (Å²) in [5, 5.41) is 5.00. The zero-order chi connectivity index (χ0) is 25.5. The summed E-state index contributed by atoms with van der Waals surface area (Å²) in [4.78, 5) is 32.1. The molecule has 0 spiro atoms. The molecule has 1 heterocycles. The number of anilines is 1. The van der Waals surface area contributed by atoms with Gasteiger partial charge in [-0.15, -0.1) is 0 Å². The van der Waals surface area contributed by atoms with Crippen molar-refractivity contribution >= 4 is 44.7 Å². The molecule has 0 aliphatic rings. The largest absolute Gasteiger partial charge is 0.478 e. The highest BCUT2D eigenvalue weighted by Crippen LogP contribution is 2.25. The van der Waals surface area contributed by atoms with E-state index in [1.165, 1.54) is 4.68 Å². The van der Waals surface area contributed by atoms with Crippen LogP contribution in [0.5, 0.6) is 5.75 Å². The Bertz CT molecular complexity index is 1290. The molecule has 3 aromatic rings. The molecule has 3 rings (SSSR count). The molecular weight excluding hydrogens is 512 g/mol. The first-order chi connectivity index (χ1) is 16.7. The second kappa shape index (κ2) is 12.0. The van der Waals surface area contributed by atoms with Gasteiger partial charge >= 0.3 is 5.97 Å². The Morgan fingerprint density at radius 1 is 1.23 bits per heavy atom. The lowest BCUT2D eigenvalue weighted by Gasteiger charge is -2.18. The van der Waals surface area contributed by atoms with Crippen molar-refractivity contribution in [3.05, 3.63) is 62.6 Å². The number of nitrogens with zero attached hydrogens (tertiary/aromatic N) is 4. The van der Waals surface area contributed by atoms with Gasteiger partial charge in [0.1, 0.15) is 11.6 Å². The van der Waals surface area contributed by atoms with E-state index in [1.54, 1.807) is 26.1 Å². The first-order valence-corrected chi connectivity index (χ1v) is 12.4. The molecule has 0 saturated heterocycles. The summed E-state index contributed by atoms with van der Waals surface area (Å²) >= 11 is 3.43. The van der Waals surface area contributed by atoms with Crippen molar-refractivity contribution in [3.63, 3.8) is 0 Å². The highest BCUT2D eigenvalue weighted by atomic mass is 79.9. The SMILES string of the molecule is CCCCc1nc2ccc(Br)cc2c(=O)n1N=Cc1ccc(N(C)C)cc1O[C@H](C)C(=O)OCC. The number of carbonyl (C=O) groups is 1. The van der Waals surface area contributed by atoms with E-state index in [4.69, 9.17) is 14.5 Å². The monoisotopic (exact) mass is 542 g/mol. The summed E-state index contributed by atoms with van der Waals surface area (Å²) in [6.45, 7) is 5.75. The van der Waals surface area contributed by atoms with Gasteiger partial charge in [-0.2, -0.15) is 9.78 Å². The zero-order valence-corrected chi connectivity index (χ0v) is 22.3. The van der Waals surface area contributed by atoms with Crippen molar-refractivity contribution in [1.29, 1.82) is 0 Å². The predicted octanol–water partition coefficient (Wildman–Crippen LogP) is 4.78. The number of rotatable bonds is 10. The number of halogens is 1. The van der Waals surface area contributed by atoms with Gasteiger partial charge in [-0.1, -0.05) is 29.3 Å². The maximum atomic E-state index is 13.3. The number of unbranched alkanes of at least 4 members (excludes halogenated alkanes) is 1. The van der Waals surface area contributed by atoms with E-state index >= 15 is 0 Å². The van der Waals surface area contributed by atoms with Crippen LogP contribution in [0, 0.1) is 0 Å². The van der Waals surface area contributed by atoms with Crippen LogP contribution in [-0.4, -0.2) is 48.7 Å². The number of hydrogen-bond acceptors (Lipinski definition) is 7. The third-order valence-corrected chi connectivity index (χ3v) is 5.87. The average molecular weight is 543 g/mol. The van der Waals surface area contributed by atoms with Crippen molar-refractivity contribution in [1.82, 2.24) is 9.66 Å². The molecule has 0 radical (unpaired) electrons. The summed E-state index contributed by atoms with van der Waals surface area (Å²) in [6, 6.07) is 11.0. The third kappa shape index (κ3) is 6.48. The van der Waals surface area contributed by atoms with Crippen molar-refractivity contribution in [2.45, 2.75) is 46.1 Å². The van der Waals surface area contributed by atoms with Crippen LogP contribution in [0.25, 0.3) is 10.9 Å². The molecule has 2 aromatic carbocycles. The maximum absolute atomic E-state index is 13.3. The normalized spacial score (nSPS) is 12.2. The first-order valence-electron chi connectivity index (χ1n) is 11.6. The van der Waals surface area contributed by atoms with Gasteiger partial charge in [0.25, 0.3) is 5.56 Å². The van der Waals surface area contributed by atoms with E-state index in [1.807, 2.05) is 49.3 Å². The summed E-state index contributed by atoms with van der Waals surface area (Å²) in [5.41, 5.74) is 1.91. The van der Waals surface area contributed by atoms with Gasteiger partial charge in [-0.3, -0.25) is 4.79 Å². The molecule has 9 heteroatoms. The molecule has 35 heavy (non-hydrogen) atoms. The topological polar surface area (TPSA) is 86.0 Å². The van der Waals surface area contributed by atoms with Crippen LogP contribution in [0.4, 0.5) is 5.69 Å². The highest BCUT2D eigenvalue weighted by Gasteiger charge is 2.18. The van der Waals surface area contributed by atoms with Crippen LogP contribution < -0.4 is 15.2 Å². The quantitative estimate of drug-likeness (QED) is 0.270. The van der Waals surface area contributed by atoms with Gasteiger partial charge in [0.15, 0.2) is 6.10 Å². The molecule has 0 aliphatic heterocycles. The Hall–Kier alpha value is -3.20. The van der Waals surface area contributed by atoms with Gasteiger partial charge in [0, 0.05) is 42.3 Å². The summed E-state index contributed by atoms with van der Waals surface area (Å²) in [7, 11) is 3.83. The Morgan fingerprint density at radius 2 is 2.00 bits per heavy atom. The number of aromatic nitrogens is 2. The van der Waals surface area contributed by atoms with Crippen LogP contribution in [-0.2, 0) is 16.0 Å². The fraction of sp³-hybridized carbons (Fsp3) is 0.385. The Morgan fingerprint density at radius 3 is 2.69 bits per heavy atom. The maximum Gasteiger partial charge on any atom is 0.347 e. The van der Waals surface area contributed by atoms with Crippen LogP contribution in [0.2, 0.25) is 0 Å². The van der Waals surface area contributed by atoms with E-state index in [9.17, 15) is 9.59 Å². The summed E-state index contributed by atoms with van der Waals surface area (Å²) in [5.74, 6) is 0.600. The molecule has 8 nitrogen and oxygen atoms in total. The molecule has 1 aromatic heterocycles. The molecule has 0 aliphatic carbocycles. The minimum Gasteiger partial charge on any atom is -0.478 e. The van der Waals surface area contributed by atoms with E-state index in [2.05, 4.69) is 28.0 Å². The van der Waals surface area contributed by atoms with Gasteiger partial charge in [0.2, 0.25) is 0 Å². The number of ether oxygens (including phenoxy) is 2. The van der Waals surface area contributed by atoms with Gasteiger partial charge < -0.3 is 14.4 Å². The smallest absolute Gasteiger partial charge is 0.347 e. The fourth-order valence-corrected chi connectivity index (χ4v) is 3.80. The van der Waals surface area contributed by atoms with E-state index < -0.39 is 12.1 Å². The Kier molecular flexibility index (Phi) is 9.03. The van der Waals surface area contributed by atoms with Crippen molar-refractivity contribution in [2.75, 3.05) is 25.6 Å². The average Bonchev–Trinajstić information content (AvgIpc) is 2.83. The van der Waals surface area contributed by atoms with Crippen molar-refractivity contribution < 1.29 is 14.3 Å². The predicted molar refractivity (Wildman–Crippen MR) is 143 cm³/mol. The molecule has 0 bridgehead atoms. The van der Waals surface area contributed by atoms with E-state index in [-0.39, 0.29) is 12.2 Å². The molecule has 0 saturated carbocycles. The second-order valence-electron chi connectivity index (χ2n) is 8.28. The number of carbonyl (C=O) groups excluding carboxylic acids is 1. The fourth-order valence-electron chi connectivity index (χ4n) is 3.44. The van der Waals surface area contributed by atoms with Gasteiger partial charge in [-0.25, -0.2) is 9.78 Å². The Balaban J connectivity index is 2.07. The standard InChI is InChI=1S/C26H31BrN4O4/c1-6-8-9-24-29-22-13-11-19(27)14-21(22)25(32)31(24)28-16-18-10-12-20(30(4)5)15-23(18)35-17(3)26(33)34-7-2/h10-17H,6-9H2,1-5H3/t17-/m1/s1. The van der Waals surface area contributed by atoms with E-state index in [0.717, 1.165) is 23.0 Å². The third-order valence-electron chi connectivity index (χ3n) is 5.38. The number of aryl methyl sites for hydroxylation is 1. The number of hydrogen-bond donors (Lipinski definition) is 0. The van der Waals surface area contributed by atoms with Crippen molar-refractivity contribution in [3.8, 4) is 5.75 Å². The lowest BCUT2D eigenvalue weighted by Crippen LogP contribution is -2.26.